The summed E-state index contributed by atoms with van der Waals surface area (Å²) in [5.41, 5.74) is -0.685. The second-order valence-electron chi connectivity index (χ2n) is 13.1. The maximum absolute atomic E-state index is 15.2. The smallest absolute Gasteiger partial charge is 0.383 e. The Hall–Kier alpha value is -2.65. The van der Waals surface area contributed by atoms with Gasteiger partial charge in [-0.05, 0) is 103 Å². The second-order valence-corrected chi connectivity index (χ2v) is 13.1. The van der Waals surface area contributed by atoms with Gasteiger partial charge in [0.1, 0.15) is 5.60 Å². The van der Waals surface area contributed by atoms with Crippen LogP contribution in [-0.4, -0.2) is 33.6 Å². The van der Waals surface area contributed by atoms with E-state index in [2.05, 4.69) is 10.3 Å². The van der Waals surface area contributed by atoms with Gasteiger partial charge in [-0.25, -0.2) is 0 Å². The third-order valence-electron chi connectivity index (χ3n) is 11.1. The van der Waals surface area contributed by atoms with Crippen LogP contribution in [0.25, 0.3) is 0 Å². The van der Waals surface area contributed by atoms with Crippen LogP contribution in [0.5, 0.6) is 0 Å². The quantitative estimate of drug-likeness (QED) is 0.353. The Morgan fingerprint density at radius 3 is 2.26 bits per heavy atom. The molecule has 0 aliphatic heterocycles. The number of rotatable bonds is 6. The minimum absolute atomic E-state index is 0.0219. The van der Waals surface area contributed by atoms with E-state index in [-0.39, 0.29) is 42.3 Å². The van der Waals surface area contributed by atoms with E-state index in [0.717, 1.165) is 22.3 Å². The Bertz CT molecular complexity index is 1340. The molecular formula is C33H37F5N2O2. The van der Waals surface area contributed by atoms with Gasteiger partial charge in [0.2, 0.25) is 0 Å². The van der Waals surface area contributed by atoms with Crippen LogP contribution < -0.4 is 5.32 Å². The van der Waals surface area contributed by atoms with Crippen LogP contribution in [0.1, 0.15) is 74.5 Å². The number of benzene rings is 1. The molecule has 1 aromatic heterocycles. The van der Waals surface area contributed by atoms with Crippen molar-refractivity contribution in [2.45, 2.75) is 88.6 Å². The van der Waals surface area contributed by atoms with Crippen molar-refractivity contribution in [2.75, 3.05) is 0 Å². The molecule has 0 spiro atoms. The van der Waals surface area contributed by atoms with Crippen LogP contribution in [0, 0.1) is 29.1 Å². The molecule has 0 bridgehead atoms. The first-order valence-corrected chi connectivity index (χ1v) is 14.9. The number of pyridine rings is 1. The molecule has 4 aliphatic rings. The van der Waals surface area contributed by atoms with Gasteiger partial charge in [0.15, 0.2) is 5.78 Å². The van der Waals surface area contributed by atoms with Crippen LogP contribution in [0.3, 0.4) is 0 Å². The topological polar surface area (TPSA) is 62.2 Å². The van der Waals surface area contributed by atoms with E-state index in [1.807, 2.05) is 36.4 Å². The molecule has 5 unspecified atom stereocenters. The third-order valence-corrected chi connectivity index (χ3v) is 11.1. The number of ketones is 1. The first-order valence-electron chi connectivity index (χ1n) is 14.9. The van der Waals surface area contributed by atoms with Gasteiger partial charge in [0.25, 0.3) is 0 Å². The van der Waals surface area contributed by atoms with Gasteiger partial charge in [-0.2, -0.15) is 22.0 Å². The average Bonchev–Trinajstić information content (AvgIpc) is 3.24. The Morgan fingerprint density at radius 1 is 0.929 bits per heavy atom. The molecule has 1 aromatic carbocycles. The summed E-state index contributed by atoms with van der Waals surface area (Å²) in [6, 6.07) is 11.8. The Balaban J connectivity index is 1.33. The number of hydrogen-bond acceptors (Lipinski definition) is 4. The first kappa shape index (κ1) is 29.4. The summed E-state index contributed by atoms with van der Waals surface area (Å²) in [6.07, 6.45) is 1.34. The summed E-state index contributed by atoms with van der Waals surface area (Å²) in [7, 11) is 0. The maximum Gasteiger partial charge on any atom is 0.456 e. The summed E-state index contributed by atoms with van der Waals surface area (Å²) in [4.78, 5) is 16.3. The first-order chi connectivity index (χ1) is 19.9. The zero-order valence-corrected chi connectivity index (χ0v) is 23.6. The molecule has 2 N–H and O–H groups in total. The molecule has 3 fully saturated rings. The van der Waals surface area contributed by atoms with Crippen molar-refractivity contribution in [2.24, 2.45) is 29.1 Å². The number of aliphatic hydroxyl groups is 1. The van der Waals surface area contributed by atoms with Crippen molar-refractivity contribution in [3.05, 3.63) is 77.1 Å². The van der Waals surface area contributed by atoms with Crippen LogP contribution in [0.15, 0.2) is 60.4 Å². The molecule has 7 atom stereocenters. The second kappa shape index (κ2) is 10.5. The maximum atomic E-state index is 15.2. The SMILES string of the molecule is CC12C[C@H](c3ccc(CNCc4ccncc4)cc3)C3C4CCC(=O)C=C4CCC3C1CC[C@@]2(O)C(F)(F)C(F)(F)F. The predicted molar refractivity (Wildman–Crippen MR) is 147 cm³/mol. The Kier molecular flexibility index (Phi) is 7.36. The molecule has 0 radical (unpaired) electrons. The van der Waals surface area contributed by atoms with Gasteiger partial charge < -0.3 is 10.4 Å². The lowest BCUT2D eigenvalue weighted by molar-refractivity contribution is -0.364. The van der Waals surface area contributed by atoms with E-state index in [4.69, 9.17) is 0 Å². The number of carbonyl (C=O) groups is 1. The van der Waals surface area contributed by atoms with E-state index >= 15 is 8.78 Å². The summed E-state index contributed by atoms with van der Waals surface area (Å²) in [6.45, 7) is 2.74. The van der Waals surface area contributed by atoms with Crippen molar-refractivity contribution in [1.29, 1.82) is 0 Å². The van der Waals surface area contributed by atoms with E-state index in [0.29, 0.717) is 38.8 Å². The number of nitrogens with zero attached hydrogens (tertiary/aromatic N) is 1. The fourth-order valence-corrected chi connectivity index (χ4v) is 9.14. The lowest BCUT2D eigenvalue weighted by Gasteiger charge is -2.59. The number of hydrogen-bond donors (Lipinski definition) is 2. The highest BCUT2D eigenvalue weighted by Gasteiger charge is 2.79. The van der Waals surface area contributed by atoms with Crippen molar-refractivity contribution in [3.8, 4) is 0 Å². The molecule has 1 heterocycles. The zero-order chi connectivity index (χ0) is 29.9. The summed E-state index contributed by atoms with van der Waals surface area (Å²) in [5.74, 6) is -5.88. The highest BCUT2D eigenvalue weighted by Crippen LogP contribution is 2.71. The van der Waals surface area contributed by atoms with Crippen LogP contribution in [0.4, 0.5) is 22.0 Å². The monoisotopic (exact) mass is 588 g/mol. The van der Waals surface area contributed by atoms with Gasteiger partial charge in [-0.1, -0.05) is 36.8 Å². The lowest BCUT2D eigenvalue weighted by Crippen LogP contribution is -2.66. The number of aromatic nitrogens is 1. The minimum Gasteiger partial charge on any atom is -0.383 e. The number of alkyl halides is 5. The number of carbonyl (C=O) groups excluding carboxylic acids is 1. The van der Waals surface area contributed by atoms with Crippen LogP contribution in [-0.2, 0) is 17.9 Å². The Morgan fingerprint density at radius 2 is 1.60 bits per heavy atom. The molecule has 3 saturated carbocycles. The highest BCUT2D eigenvalue weighted by molar-refractivity contribution is 5.91. The van der Waals surface area contributed by atoms with Crippen LogP contribution >= 0.6 is 0 Å². The van der Waals surface area contributed by atoms with Crippen molar-refractivity contribution in [3.63, 3.8) is 0 Å². The van der Waals surface area contributed by atoms with Gasteiger partial charge >= 0.3 is 12.1 Å². The molecule has 42 heavy (non-hydrogen) atoms. The van der Waals surface area contributed by atoms with Crippen molar-refractivity contribution in [1.82, 2.24) is 10.3 Å². The fraction of sp³-hybridized carbons (Fsp3) is 0.576. The van der Waals surface area contributed by atoms with Gasteiger partial charge in [-0.15, -0.1) is 0 Å². The van der Waals surface area contributed by atoms with E-state index < -0.39 is 35.5 Å². The largest absolute Gasteiger partial charge is 0.456 e. The average molecular weight is 589 g/mol. The lowest BCUT2D eigenvalue weighted by atomic mass is 9.46. The summed E-state index contributed by atoms with van der Waals surface area (Å²) < 4.78 is 71.6. The molecule has 6 rings (SSSR count). The summed E-state index contributed by atoms with van der Waals surface area (Å²) >= 11 is 0. The predicted octanol–water partition coefficient (Wildman–Crippen LogP) is 7.14. The van der Waals surface area contributed by atoms with Gasteiger partial charge in [0.05, 0.1) is 0 Å². The van der Waals surface area contributed by atoms with Crippen molar-refractivity contribution < 1.29 is 31.9 Å². The molecule has 2 aromatic rings. The van der Waals surface area contributed by atoms with Gasteiger partial charge in [0, 0.05) is 37.3 Å². The standard InChI is InChI=1S/C33H37F5N2O2/c1-30-17-27(22-4-2-20(3-5-22)18-40-19-21-11-14-39-15-12-21)29-25-9-7-24(41)16-23(25)6-8-26(29)28(30)10-13-31(30,42)32(34,35)33(36,37)38/h2-5,11-12,14-16,25-29,40,42H,6-10,13,17-19H2,1H3/t25?,26?,27-,28?,29?,30?,31+/m1/s1. The molecule has 4 nitrogen and oxygen atoms in total. The van der Waals surface area contributed by atoms with Crippen LogP contribution in [0.2, 0.25) is 0 Å². The Labute approximate surface area is 242 Å². The molecule has 0 saturated heterocycles. The third kappa shape index (κ3) is 4.62. The molecule has 0 amide bonds. The number of halogens is 5. The zero-order valence-electron chi connectivity index (χ0n) is 23.6. The van der Waals surface area contributed by atoms with E-state index in [9.17, 15) is 23.1 Å². The number of allylic oxidation sites excluding steroid dienone is 1. The fourth-order valence-electron chi connectivity index (χ4n) is 9.14. The number of nitrogens with one attached hydrogen (secondary N) is 1. The number of fused-ring (bicyclic) bond motifs is 5. The van der Waals surface area contributed by atoms with E-state index in [1.54, 1.807) is 18.5 Å². The van der Waals surface area contributed by atoms with Crippen molar-refractivity contribution >= 4 is 5.78 Å². The van der Waals surface area contributed by atoms with Gasteiger partial charge in [-0.3, -0.25) is 9.78 Å². The van der Waals surface area contributed by atoms with E-state index in [1.165, 1.54) is 6.92 Å². The normalized spacial score (nSPS) is 34.8. The highest BCUT2D eigenvalue weighted by atomic mass is 19.4. The molecule has 226 valence electrons. The molecule has 9 heteroatoms. The summed E-state index contributed by atoms with van der Waals surface area (Å²) in [5, 5.41) is 14.8. The molecule has 4 aliphatic carbocycles. The minimum atomic E-state index is -5.84. The molecular weight excluding hydrogens is 551 g/mol.